The summed E-state index contributed by atoms with van der Waals surface area (Å²) in [4.78, 5) is 12.9. The molecule has 0 aliphatic heterocycles. The molecule has 0 radical (unpaired) electrons. The van der Waals surface area contributed by atoms with E-state index in [1.165, 1.54) is 0 Å². The lowest BCUT2D eigenvalue weighted by atomic mass is 10.3. The topological polar surface area (TPSA) is 38.3 Å². The Bertz CT molecular complexity index is 525. The van der Waals surface area contributed by atoms with Gasteiger partial charge in [-0.15, -0.1) is 11.3 Å². The van der Waals surface area contributed by atoms with E-state index >= 15 is 0 Å². The van der Waals surface area contributed by atoms with Crippen molar-refractivity contribution in [3.05, 3.63) is 51.7 Å². The molecule has 2 rings (SSSR count). The summed E-state index contributed by atoms with van der Waals surface area (Å²) in [5.74, 6) is 0.485. The minimum Gasteiger partial charge on any atom is -0.484 e. The quantitative estimate of drug-likeness (QED) is 0.914. The normalized spacial score (nSPS) is 11.9. The molecular weight excluding hydrogens is 282 g/mol. The molecule has 0 bridgehead atoms. The van der Waals surface area contributed by atoms with E-state index in [2.05, 4.69) is 5.32 Å². The minimum atomic E-state index is -0.143. The van der Waals surface area contributed by atoms with Crippen LogP contribution in [0.4, 0.5) is 0 Å². The van der Waals surface area contributed by atoms with Crippen LogP contribution in [0, 0.1) is 0 Å². The van der Waals surface area contributed by atoms with Gasteiger partial charge < -0.3 is 10.1 Å². The predicted molar refractivity (Wildman–Crippen MR) is 77.8 cm³/mol. The molecule has 0 fully saturated rings. The number of hydrogen-bond donors (Lipinski definition) is 1. The van der Waals surface area contributed by atoms with E-state index in [1.54, 1.807) is 35.6 Å². The second-order valence-corrected chi connectivity index (χ2v) is 5.46. The van der Waals surface area contributed by atoms with Crippen LogP contribution in [0.5, 0.6) is 5.75 Å². The molecular formula is C14H14ClNO2S. The number of carbonyl (C=O) groups is 1. The molecule has 1 heterocycles. The summed E-state index contributed by atoms with van der Waals surface area (Å²) in [6.07, 6.45) is 0. The molecule has 0 saturated carbocycles. The van der Waals surface area contributed by atoms with E-state index < -0.39 is 0 Å². The third kappa shape index (κ3) is 4.26. The third-order valence-electron chi connectivity index (χ3n) is 2.53. The molecule has 0 saturated heterocycles. The van der Waals surface area contributed by atoms with Crippen molar-refractivity contribution in [3.63, 3.8) is 0 Å². The Morgan fingerprint density at radius 1 is 1.37 bits per heavy atom. The van der Waals surface area contributed by atoms with Gasteiger partial charge in [0.05, 0.1) is 6.04 Å². The van der Waals surface area contributed by atoms with E-state index in [4.69, 9.17) is 16.3 Å². The molecule has 0 aliphatic carbocycles. The first-order valence-electron chi connectivity index (χ1n) is 5.86. The average Bonchev–Trinajstić information content (AvgIpc) is 2.92. The van der Waals surface area contributed by atoms with E-state index in [9.17, 15) is 4.79 Å². The van der Waals surface area contributed by atoms with Gasteiger partial charge in [-0.3, -0.25) is 4.79 Å². The van der Waals surface area contributed by atoms with Crippen molar-refractivity contribution in [3.8, 4) is 5.75 Å². The maximum Gasteiger partial charge on any atom is 0.258 e. The monoisotopic (exact) mass is 295 g/mol. The smallest absolute Gasteiger partial charge is 0.258 e. The van der Waals surface area contributed by atoms with Gasteiger partial charge in [0.2, 0.25) is 0 Å². The van der Waals surface area contributed by atoms with Gasteiger partial charge in [0.15, 0.2) is 6.61 Å². The average molecular weight is 296 g/mol. The van der Waals surface area contributed by atoms with Gasteiger partial charge in [0.1, 0.15) is 5.75 Å². The van der Waals surface area contributed by atoms with Gasteiger partial charge in [-0.25, -0.2) is 0 Å². The van der Waals surface area contributed by atoms with Crippen LogP contribution < -0.4 is 10.1 Å². The fourth-order valence-corrected chi connectivity index (χ4v) is 2.43. The van der Waals surface area contributed by atoms with Crippen LogP contribution in [0.15, 0.2) is 41.8 Å². The highest BCUT2D eigenvalue weighted by Crippen LogP contribution is 2.18. The lowest BCUT2D eigenvalue weighted by Gasteiger charge is -2.12. The summed E-state index contributed by atoms with van der Waals surface area (Å²) >= 11 is 7.39. The lowest BCUT2D eigenvalue weighted by molar-refractivity contribution is -0.123. The van der Waals surface area contributed by atoms with E-state index in [1.807, 2.05) is 24.4 Å². The molecule has 1 atom stereocenters. The summed E-state index contributed by atoms with van der Waals surface area (Å²) in [7, 11) is 0. The molecule has 1 aromatic carbocycles. The Labute approximate surface area is 121 Å². The van der Waals surface area contributed by atoms with E-state index in [0.717, 1.165) is 4.88 Å². The van der Waals surface area contributed by atoms with Crippen LogP contribution in [-0.4, -0.2) is 12.5 Å². The zero-order chi connectivity index (χ0) is 13.7. The van der Waals surface area contributed by atoms with Gasteiger partial charge in [-0.2, -0.15) is 0 Å². The molecule has 0 aliphatic rings. The molecule has 5 heteroatoms. The summed E-state index contributed by atoms with van der Waals surface area (Å²) in [6, 6.07) is 10.9. The zero-order valence-corrected chi connectivity index (χ0v) is 12.0. The predicted octanol–water partition coefficient (Wildman–Crippen LogP) is 3.66. The standard InChI is InChI=1S/C14H14ClNO2S/c1-10(13-3-2-8-19-13)16-14(17)9-18-12-6-4-11(15)5-7-12/h2-8,10H,9H2,1H3,(H,16,17)/t10-/m0/s1. The van der Waals surface area contributed by atoms with Gasteiger partial charge in [-0.1, -0.05) is 17.7 Å². The molecule has 1 aromatic heterocycles. The number of rotatable bonds is 5. The fourth-order valence-electron chi connectivity index (χ4n) is 1.57. The van der Waals surface area contributed by atoms with Crippen LogP contribution in [0.25, 0.3) is 0 Å². The number of carbonyl (C=O) groups excluding carboxylic acids is 1. The molecule has 100 valence electrons. The summed E-state index contributed by atoms with van der Waals surface area (Å²) < 4.78 is 5.37. The molecule has 2 aromatic rings. The lowest BCUT2D eigenvalue weighted by Crippen LogP contribution is -2.30. The number of halogens is 1. The van der Waals surface area contributed by atoms with Crippen molar-refractivity contribution in [1.29, 1.82) is 0 Å². The van der Waals surface area contributed by atoms with Crippen LogP contribution in [0.3, 0.4) is 0 Å². The number of nitrogens with one attached hydrogen (secondary N) is 1. The first-order valence-corrected chi connectivity index (χ1v) is 7.12. The second kappa shape index (κ2) is 6.59. The Hall–Kier alpha value is -1.52. The van der Waals surface area contributed by atoms with E-state index in [0.29, 0.717) is 10.8 Å². The molecule has 0 spiro atoms. The number of amides is 1. The van der Waals surface area contributed by atoms with Crippen molar-refractivity contribution < 1.29 is 9.53 Å². The largest absolute Gasteiger partial charge is 0.484 e. The number of thiophene rings is 1. The number of benzene rings is 1. The maximum atomic E-state index is 11.7. The Morgan fingerprint density at radius 2 is 2.11 bits per heavy atom. The van der Waals surface area contributed by atoms with Crippen LogP contribution in [0.1, 0.15) is 17.8 Å². The van der Waals surface area contributed by atoms with Gasteiger partial charge in [0.25, 0.3) is 5.91 Å². The summed E-state index contributed by atoms with van der Waals surface area (Å²) in [6.45, 7) is 1.95. The number of ether oxygens (including phenoxy) is 1. The second-order valence-electron chi connectivity index (χ2n) is 4.05. The van der Waals surface area contributed by atoms with Crippen molar-refractivity contribution in [2.75, 3.05) is 6.61 Å². The highest BCUT2D eigenvalue weighted by molar-refractivity contribution is 7.10. The van der Waals surface area contributed by atoms with Crippen molar-refractivity contribution >= 4 is 28.8 Å². The fraction of sp³-hybridized carbons (Fsp3) is 0.214. The molecule has 0 unspecified atom stereocenters. The van der Waals surface area contributed by atoms with Crippen LogP contribution in [-0.2, 0) is 4.79 Å². The van der Waals surface area contributed by atoms with Gasteiger partial charge >= 0.3 is 0 Å². The molecule has 3 nitrogen and oxygen atoms in total. The van der Waals surface area contributed by atoms with Crippen molar-refractivity contribution in [2.45, 2.75) is 13.0 Å². The summed E-state index contributed by atoms with van der Waals surface area (Å²) in [5.41, 5.74) is 0. The highest BCUT2D eigenvalue weighted by atomic mass is 35.5. The minimum absolute atomic E-state index is 0.00122. The Morgan fingerprint density at radius 3 is 2.74 bits per heavy atom. The molecule has 19 heavy (non-hydrogen) atoms. The zero-order valence-electron chi connectivity index (χ0n) is 10.4. The molecule has 1 N–H and O–H groups in total. The molecule has 1 amide bonds. The van der Waals surface area contributed by atoms with Crippen LogP contribution in [0.2, 0.25) is 5.02 Å². The van der Waals surface area contributed by atoms with Crippen molar-refractivity contribution in [2.24, 2.45) is 0 Å². The van der Waals surface area contributed by atoms with E-state index in [-0.39, 0.29) is 18.6 Å². The van der Waals surface area contributed by atoms with Crippen LogP contribution >= 0.6 is 22.9 Å². The highest BCUT2D eigenvalue weighted by Gasteiger charge is 2.10. The third-order valence-corrected chi connectivity index (χ3v) is 3.84. The first-order chi connectivity index (χ1) is 9.15. The maximum absolute atomic E-state index is 11.7. The Balaban J connectivity index is 1.80. The first kappa shape index (κ1) is 13.9. The SMILES string of the molecule is C[C@H](NC(=O)COc1ccc(Cl)cc1)c1cccs1. The van der Waals surface area contributed by atoms with Gasteiger partial charge in [0, 0.05) is 9.90 Å². The Kier molecular flexibility index (Phi) is 4.82. The van der Waals surface area contributed by atoms with Gasteiger partial charge in [-0.05, 0) is 42.6 Å². The van der Waals surface area contributed by atoms with Crippen molar-refractivity contribution in [1.82, 2.24) is 5.32 Å². The number of hydrogen-bond acceptors (Lipinski definition) is 3. The summed E-state index contributed by atoms with van der Waals surface area (Å²) in [5, 5.41) is 5.51.